The van der Waals surface area contributed by atoms with Crippen molar-refractivity contribution < 1.29 is 4.90 Å². The monoisotopic (exact) mass is 354 g/mol. The van der Waals surface area contributed by atoms with Crippen molar-refractivity contribution >= 4 is 11.3 Å². The van der Waals surface area contributed by atoms with Crippen molar-refractivity contribution in [3.05, 3.63) is 64.1 Å². The van der Waals surface area contributed by atoms with Gasteiger partial charge in [-0.1, -0.05) is 43.3 Å². The molecule has 0 spiro atoms. The van der Waals surface area contributed by atoms with Crippen molar-refractivity contribution in [2.24, 2.45) is 5.92 Å². The molecule has 1 fully saturated rings. The zero-order valence-electron chi connectivity index (χ0n) is 14.5. The average molecular weight is 355 g/mol. The van der Waals surface area contributed by atoms with Crippen LogP contribution in [0.3, 0.4) is 0 Å². The molecule has 1 N–H and O–H groups in total. The summed E-state index contributed by atoms with van der Waals surface area (Å²) in [5, 5.41) is 14.9. The van der Waals surface area contributed by atoms with Crippen LogP contribution < -0.4 is 4.90 Å². The van der Waals surface area contributed by atoms with E-state index in [1.807, 2.05) is 22.1 Å². The molecule has 3 atom stereocenters. The molecule has 4 rings (SSSR count). The number of tetrazole rings is 1. The highest BCUT2D eigenvalue weighted by atomic mass is 32.1. The van der Waals surface area contributed by atoms with Gasteiger partial charge in [0, 0.05) is 5.92 Å². The third-order valence-corrected chi connectivity index (χ3v) is 5.97. The van der Waals surface area contributed by atoms with E-state index in [9.17, 15) is 0 Å². The largest absolute Gasteiger partial charge is 0.321 e. The normalized spacial score (nSPS) is 22.0. The Hall–Kier alpha value is -2.05. The molecule has 1 saturated heterocycles. The van der Waals surface area contributed by atoms with Crippen LogP contribution in [0, 0.1) is 5.92 Å². The Morgan fingerprint density at radius 2 is 2.12 bits per heavy atom. The van der Waals surface area contributed by atoms with E-state index in [4.69, 9.17) is 0 Å². The molecule has 1 aliphatic rings. The van der Waals surface area contributed by atoms with Crippen LogP contribution in [0.25, 0.3) is 0 Å². The molecular formula is C19H24N5S+. The molecule has 5 nitrogen and oxygen atoms in total. The highest BCUT2D eigenvalue weighted by Gasteiger charge is 2.35. The summed E-state index contributed by atoms with van der Waals surface area (Å²) < 4.78 is 1.98. The van der Waals surface area contributed by atoms with E-state index >= 15 is 0 Å². The van der Waals surface area contributed by atoms with Crippen LogP contribution in [0.15, 0.2) is 47.8 Å². The summed E-state index contributed by atoms with van der Waals surface area (Å²) in [5.41, 5.74) is 1.22. The van der Waals surface area contributed by atoms with E-state index < -0.39 is 0 Å². The van der Waals surface area contributed by atoms with Gasteiger partial charge in [-0.2, -0.15) is 0 Å². The first-order valence-corrected chi connectivity index (χ1v) is 9.87. The van der Waals surface area contributed by atoms with Crippen molar-refractivity contribution in [3.63, 3.8) is 0 Å². The minimum Gasteiger partial charge on any atom is -0.321 e. The van der Waals surface area contributed by atoms with Gasteiger partial charge in [-0.15, -0.1) is 16.4 Å². The van der Waals surface area contributed by atoms with Gasteiger partial charge in [-0.25, -0.2) is 4.68 Å². The molecule has 3 heterocycles. The molecule has 0 amide bonds. The van der Waals surface area contributed by atoms with Gasteiger partial charge in [0.15, 0.2) is 6.04 Å². The van der Waals surface area contributed by atoms with E-state index in [2.05, 4.69) is 64.2 Å². The maximum atomic E-state index is 4.46. The molecule has 1 unspecified atom stereocenters. The second-order valence-corrected chi connectivity index (χ2v) is 7.97. The molecule has 0 bridgehead atoms. The number of rotatable bonds is 5. The Labute approximate surface area is 152 Å². The van der Waals surface area contributed by atoms with E-state index in [-0.39, 0.29) is 6.04 Å². The number of hydrogen-bond donors (Lipinski definition) is 1. The summed E-state index contributed by atoms with van der Waals surface area (Å²) in [6.45, 7) is 5.44. The molecule has 0 radical (unpaired) electrons. The highest BCUT2D eigenvalue weighted by Crippen LogP contribution is 2.23. The molecule has 6 heteroatoms. The molecule has 130 valence electrons. The number of piperidine rings is 1. The van der Waals surface area contributed by atoms with Crippen LogP contribution in [-0.4, -0.2) is 33.3 Å². The fourth-order valence-electron chi connectivity index (χ4n) is 3.85. The van der Waals surface area contributed by atoms with Crippen molar-refractivity contribution in [2.75, 3.05) is 13.1 Å². The highest BCUT2D eigenvalue weighted by molar-refractivity contribution is 7.10. The van der Waals surface area contributed by atoms with Crippen LogP contribution in [0.1, 0.15) is 42.1 Å². The van der Waals surface area contributed by atoms with Crippen LogP contribution in [0.5, 0.6) is 0 Å². The Bertz CT molecular complexity index is 783. The lowest BCUT2D eigenvalue weighted by Crippen LogP contribution is -3.14. The first-order chi connectivity index (χ1) is 12.3. The first kappa shape index (κ1) is 16.4. The number of aromatic nitrogens is 4. The van der Waals surface area contributed by atoms with Gasteiger partial charge < -0.3 is 4.90 Å². The Balaban J connectivity index is 1.67. The van der Waals surface area contributed by atoms with Gasteiger partial charge in [-0.3, -0.25) is 0 Å². The van der Waals surface area contributed by atoms with E-state index in [0.717, 1.165) is 11.7 Å². The van der Waals surface area contributed by atoms with Gasteiger partial charge in [0.25, 0.3) is 0 Å². The predicted octanol–water partition coefficient (Wildman–Crippen LogP) is 2.19. The zero-order valence-corrected chi connectivity index (χ0v) is 15.3. The van der Waals surface area contributed by atoms with Crippen LogP contribution in [0.4, 0.5) is 0 Å². The lowest BCUT2D eigenvalue weighted by Gasteiger charge is -2.33. The lowest BCUT2D eigenvalue weighted by molar-refractivity contribution is -0.934. The fraction of sp³-hybridized carbons (Fsp3) is 0.421. The maximum Gasteiger partial charge on any atom is 0.215 e. The molecule has 3 aromatic rings. The van der Waals surface area contributed by atoms with Gasteiger partial charge >= 0.3 is 0 Å². The standard InChI is InChI=1S/C19H23N5S/c1-15-7-5-11-23(13-15)18(17-10-6-12-25-17)19-20-21-22-24(19)14-16-8-3-2-4-9-16/h2-4,6,8-10,12,15,18H,5,7,11,13-14H2,1H3/p+1/t15-,18+/m1/s1. The molecule has 2 aromatic heterocycles. The third-order valence-electron chi connectivity index (χ3n) is 5.03. The maximum absolute atomic E-state index is 4.46. The molecule has 0 aliphatic carbocycles. The Morgan fingerprint density at radius 1 is 1.24 bits per heavy atom. The van der Waals surface area contributed by atoms with Crippen LogP contribution in [0.2, 0.25) is 0 Å². The zero-order chi connectivity index (χ0) is 17.1. The number of quaternary nitrogens is 1. The summed E-state index contributed by atoms with van der Waals surface area (Å²) in [4.78, 5) is 2.94. The van der Waals surface area contributed by atoms with E-state index in [0.29, 0.717) is 6.54 Å². The van der Waals surface area contributed by atoms with Crippen molar-refractivity contribution in [3.8, 4) is 0 Å². The number of benzene rings is 1. The summed E-state index contributed by atoms with van der Waals surface area (Å²) in [5.74, 6) is 1.74. The first-order valence-electron chi connectivity index (χ1n) is 8.99. The number of nitrogens with zero attached hydrogens (tertiary/aromatic N) is 4. The third kappa shape index (κ3) is 3.65. The van der Waals surface area contributed by atoms with Gasteiger partial charge in [-0.05, 0) is 40.3 Å². The Kier molecular flexibility index (Phi) is 4.90. The van der Waals surface area contributed by atoms with Gasteiger partial charge in [0.2, 0.25) is 5.82 Å². The molecule has 0 saturated carbocycles. The quantitative estimate of drug-likeness (QED) is 0.764. The van der Waals surface area contributed by atoms with Crippen molar-refractivity contribution in [1.29, 1.82) is 0 Å². The number of hydrogen-bond acceptors (Lipinski definition) is 4. The molecule has 25 heavy (non-hydrogen) atoms. The summed E-state index contributed by atoms with van der Waals surface area (Å²) in [7, 11) is 0. The number of nitrogens with one attached hydrogen (secondary N) is 1. The molecule has 1 aromatic carbocycles. The smallest absolute Gasteiger partial charge is 0.215 e. The van der Waals surface area contributed by atoms with Gasteiger partial charge in [0.05, 0.1) is 24.5 Å². The predicted molar refractivity (Wildman–Crippen MR) is 98.6 cm³/mol. The van der Waals surface area contributed by atoms with E-state index in [1.54, 1.807) is 4.90 Å². The molecule has 1 aliphatic heterocycles. The van der Waals surface area contributed by atoms with Crippen LogP contribution in [-0.2, 0) is 6.54 Å². The topological polar surface area (TPSA) is 48.0 Å². The number of thiophene rings is 1. The average Bonchev–Trinajstić information content (AvgIpc) is 3.30. The SMILES string of the molecule is C[C@@H]1CCC[NH+]([C@@H](c2cccs2)c2nnnn2Cc2ccccc2)C1. The fourth-order valence-corrected chi connectivity index (χ4v) is 4.72. The summed E-state index contributed by atoms with van der Waals surface area (Å²) >= 11 is 1.81. The summed E-state index contributed by atoms with van der Waals surface area (Å²) in [6.07, 6.45) is 2.61. The Morgan fingerprint density at radius 3 is 2.88 bits per heavy atom. The second-order valence-electron chi connectivity index (χ2n) is 6.99. The second kappa shape index (κ2) is 7.45. The minimum atomic E-state index is 0.224. The number of likely N-dealkylation sites (tertiary alicyclic amines) is 1. The lowest BCUT2D eigenvalue weighted by atomic mass is 9.98. The summed E-state index contributed by atoms with van der Waals surface area (Å²) in [6, 6.07) is 15.0. The van der Waals surface area contributed by atoms with Crippen LogP contribution >= 0.6 is 11.3 Å². The minimum absolute atomic E-state index is 0.224. The van der Waals surface area contributed by atoms with Crippen molar-refractivity contribution in [2.45, 2.75) is 32.4 Å². The molecular weight excluding hydrogens is 330 g/mol. The van der Waals surface area contributed by atoms with Gasteiger partial charge in [0.1, 0.15) is 0 Å². The van der Waals surface area contributed by atoms with E-state index in [1.165, 1.54) is 36.4 Å². The van der Waals surface area contributed by atoms with Crippen molar-refractivity contribution in [1.82, 2.24) is 20.2 Å².